The molecule has 0 spiro atoms. The smallest absolute Gasteiger partial charge is 0.213 e. The van der Waals surface area contributed by atoms with Crippen LogP contribution in [0.1, 0.15) is 19.0 Å². The topological polar surface area (TPSA) is 54.4 Å². The fourth-order valence-corrected chi connectivity index (χ4v) is 1.44. The highest BCUT2D eigenvalue weighted by molar-refractivity contribution is 5.15. The van der Waals surface area contributed by atoms with Crippen LogP contribution in [0.2, 0.25) is 0 Å². The van der Waals surface area contributed by atoms with Crippen molar-refractivity contribution in [1.29, 1.82) is 0 Å². The van der Waals surface area contributed by atoms with Gasteiger partial charge in [-0.2, -0.15) is 0 Å². The Balaban J connectivity index is 2.31. The summed E-state index contributed by atoms with van der Waals surface area (Å²) in [6.07, 6.45) is 0.832. The summed E-state index contributed by atoms with van der Waals surface area (Å²) in [5, 5.41) is 12.1. The molecule has 0 aliphatic carbocycles. The zero-order valence-electron chi connectivity index (χ0n) is 9.94. The SMILES string of the molecule is COc1cccc(CNCC(C)CCO)n1. The molecule has 0 amide bonds. The number of nitrogens with one attached hydrogen (secondary N) is 1. The number of hydrogen-bond donors (Lipinski definition) is 2. The zero-order valence-corrected chi connectivity index (χ0v) is 9.94. The third-order valence-electron chi connectivity index (χ3n) is 2.41. The molecule has 0 aromatic carbocycles. The number of aliphatic hydroxyl groups excluding tert-OH is 1. The van der Waals surface area contributed by atoms with Gasteiger partial charge in [-0.1, -0.05) is 13.0 Å². The first kappa shape index (κ1) is 12.9. The Hall–Kier alpha value is -1.13. The van der Waals surface area contributed by atoms with E-state index in [1.54, 1.807) is 7.11 Å². The molecule has 1 heterocycles. The normalized spacial score (nSPS) is 12.4. The fraction of sp³-hybridized carbons (Fsp3) is 0.583. The van der Waals surface area contributed by atoms with Gasteiger partial charge >= 0.3 is 0 Å². The van der Waals surface area contributed by atoms with E-state index in [1.165, 1.54) is 0 Å². The lowest BCUT2D eigenvalue weighted by Crippen LogP contribution is -2.21. The number of ether oxygens (including phenoxy) is 1. The minimum Gasteiger partial charge on any atom is -0.481 e. The highest BCUT2D eigenvalue weighted by atomic mass is 16.5. The van der Waals surface area contributed by atoms with Crippen molar-refractivity contribution >= 4 is 0 Å². The molecule has 1 unspecified atom stereocenters. The molecule has 0 aliphatic rings. The number of nitrogens with zero attached hydrogens (tertiary/aromatic N) is 1. The summed E-state index contributed by atoms with van der Waals surface area (Å²) in [5.74, 6) is 1.12. The van der Waals surface area contributed by atoms with Crippen LogP contribution in [0.3, 0.4) is 0 Å². The van der Waals surface area contributed by atoms with Crippen molar-refractivity contribution in [2.24, 2.45) is 5.92 Å². The van der Waals surface area contributed by atoms with E-state index in [1.807, 2.05) is 18.2 Å². The molecule has 4 heteroatoms. The Labute approximate surface area is 96.7 Å². The van der Waals surface area contributed by atoms with Crippen molar-refractivity contribution in [2.45, 2.75) is 19.9 Å². The van der Waals surface area contributed by atoms with Gasteiger partial charge in [0.25, 0.3) is 0 Å². The average molecular weight is 224 g/mol. The number of methoxy groups -OCH3 is 1. The van der Waals surface area contributed by atoms with Crippen molar-refractivity contribution < 1.29 is 9.84 Å². The van der Waals surface area contributed by atoms with Gasteiger partial charge in [0.1, 0.15) is 0 Å². The Morgan fingerprint density at radius 1 is 1.50 bits per heavy atom. The lowest BCUT2D eigenvalue weighted by Gasteiger charge is -2.10. The van der Waals surface area contributed by atoms with Gasteiger partial charge in [-0.3, -0.25) is 0 Å². The van der Waals surface area contributed by atoms with E-state index in [9.17, 15) is 0 Å². The van der Waals surface area contributed by atoms with Gasteiger partial charge in [-0.25, -0.2) is 4.98 Å². The fourth-order valence-electron chi connectivity index (χ4n) is 1.44. The van der Waals surface area contributed by atoms with Crippen LogP contribution >= 0.6 is 0 Å². The molecular weight excluding hydrogens is 204 g/mol. The van der Waals surface area contributed by atoms with Crippen molar-refractivity contribution in [3.8, 4) is 5.88 Å². The molecule has 16 heavy (non-hydrogen) atoms. The molecule has 1 rings (SSSR count). The van der Waals surface area contributed by atoms with E-state index < -0.39 is 0 Å². The maximum atomic E-state index is 8.76. The van der Waals surface area contributed by atoms with Gasteiger partial charge in [-0.15, -0.1) is 0 Å². The molecule has 1 atom stereocenters. The molecule has 0 saturated heterocycles. The van der Waals surface area contributed by atoms with E-state index in [0.717, 1.165) is 25.2 Å². The molecule has 0 radical (unpaired) electrons. The minimum absolute atomic E-state index is 0.250. The molecule has 0 aliphatic heterocycles. The molecule has 1 aromatic heterocycles. The van der Waals surface area contributed by atoms with Crippen molar-refractivity contribution in [2.75, 3.05) is 20.3 Å². The van der Waals surface area contributed by atoms with Gasteiger partial charge in [0.05, 0.1) is 12.8 Å². The average Bonchev–Trinajstić information content (AvgIpc) is 2.30. The van der Waals surface area contributed by atoms with Crippen LogP contribution in [0.4, 0.5) is 0 Å². The quantitative estimate of drug-likeness (QED) is 0.730. The molecular formula is C12H20N2O2. The monoisotopic (exact) mass is 224 g/mol. The van der Waals surface area contributed by atoms with Crippen molar-refractivity contribution in [1.82, 2.24) is 10.3 Å². The summed E-state index contributed by atoms with van der Waals surface area (Å²) < 4.78 is 5.05. The maximum absolute atomic E-state index is 8.76. The highest BCUT2D eigenvalue weighted by Crippen LogP contribution is 2.06. The number of pyridine rings is 1. The van der Waals surface area contributed by atoms with Crippen LogP contribution in [0, 0.1) is 5.92 Å². The summed E-state index contributed by atoms with van der Waals surface area (Å²) in [6.45, 7) is 3.98. The minimum atomic E-state index is 0.250. The Kier molecular flexibility index (Phi) is 5.82. The first-order chi connectivity index (χ1) is 7.76. The van der Waals surface area contributed by atoms with E-state index >= 15 is 0 Å². The first-order valence-electron chi connectivity index (χ1n) is 5.57. The zero-order chi connectivity index (χ0) is 11.8. The second-order valence-electron chi connectivity index (χ2n) is 3.92. The second-order valence-corrected chi connectivity index (χ2v) is 3.92. The Morgan fingerprint density at radius 2 is 2.31 bits per heavy atom. The maximum Gasteiger partial charge on any atom is 0.213 e. The molecule has 0 bridgehead atoms. The molecule has 1 aromatic rings. The largest absolute Gasteiger partial charge is 0.481 e. The second kappa shape index (κ2) is 7.19. The number of rotatable bonds is 7. The Morgan fingerprint density at radius 3 is 3.00 bits per heavy atom. The van der Waals surface area contributed by atoms with Crippen molar-refractivity contribution in [3.05, 3.63) is 23.9 Å². The summed E-state index contributed by atoms with van der Waals surface area (Å²) in [7, 11) is 1.61. The number of aromatic nitrogens is 1. The first-order valence-corrected chi connectivity index (χ1v) is 5.57. The predicted molar refractivity (Wildman–Crippen MR) is 63.4 cm³/mol. The summed E-state index contributed by atoms with van der Waals surface area (Å²) in [6, 6.07) is 5.73. The van der Waals surface area contributed by atoms with Crippen LogP contribution < -0.4 is 10.1 Å². The van der Waals surface area contributed by atoms with E-state index in [-0.39, 0.29) is 6.61 Å². The van der Waals surface area contributed by atoms with Gasteiger partial charge in [0, 0.05) is 19.2 Å². The van der Waals surface area contributed by atoms with Gasteiger partial charge in [0.15, 0.2) is 0 Å². The molecule has 90 valence electrons. The highest BCUT2D eigenvalue weighted by Gasteiger charge is 2.01. The van der Waals surface area contributed by atoms with E-state index in [2.05, 4.69) is 17.2 Å². The summed E-state index contributed by atoms with van der Waals surface area (Å²) in [5.41, 5.74) is 0.968. The van der Waals surface area contributed by atoms with Crippen LogP contribution in [0.15, 0.2) is 18.2 Å². The van der Waals surface area contributed by atoms with Crippen molar-refractivity contribution in [3.63, 3.8) is 0 Å². The molecule has 4 nitrogen and oxygen atoms in total. The van der Waals surface area contributed by atoms with Gasteiger partial charge < -0.3 is 15.2 Å². The van der Waals surface area contributed by atoms with E-state index in [4.69, 9.17) is 9.84 Å². The van der Waals surface area contributed by atoms with Crippen LogP contribution in [0.25, 0.3) is 0 Å². The lowest BCUT2D eigenvalue weighted by molar-refractivity contribution is 0.260. The van der Waals surface area contributed by atoms with Crippen LogP contribution in [-0.2, 0) is 6.54 Å². The third-order valence-corrected chi connectivity index (χ3v) is 2.41. The lowest BCUT2D eigenvalue weighted by atomic mass is 10.1. The summed E-state index contributed by atoms with van der Waals surface area (Å²) in [4.78, 5) is 4.30. The van der Waals surface area contributed by atoms with Crippen LogP contribution in [-0.4, -0.2) is 30.4 Å². The molecule has 0 fully saturated rings. The number of aliphatic hydroxyl groups is 1. The predicted octanol–water partition coefficient (Wildman–Crippen LogP) is 1.20. The van der Waals surface area contributed by atoms with Crippen LogP contribution in [0.5, 0.6) is 5.88 Å². The Bertz CT molecular complexity index is 305. The van der Waals surface area contributed by atoms with Gasteiger partial charge in [0.2, 0.25) is 5.88 Å². The molecule has 0 saturated carbocycles. The summed E-state index contributed by atoms with van der Waals surface area (Å²) >= 11 is 0. The number of hydrogen-bond acceptors (Lipinski definition) is 4. The third kappa shape index (κ3) is 4.59. The van der Waals surface area contributed by atoms with Gasteiger partial charge in [-0.05, 0) is 24.9 Å². The van der Waals surface area contributed by atoms with E-state index in [0.29, 0.717) is 11.8 Å². The standard InChI is InChI=1S/C12H20N2O2/c1-10(6-7-15)8-13-9-11-4-3-5-12(14-11)16-2/h3-5,10,13,15H,6-9H2,1-2H3. The molecule has 2 N–H and O–H groups in total.